The first-order chi connectivity index (χ1) is 7.69. The Hall–Kier alpha value is -1.81. The fourth-order valence-electron chi connectivity index (χ4n) is 1.34. The van der Waals surface area contributed by atoms with Gasteiger partial charge < -0.3 is 10.2 Å². The Morgan fingerprint density at radius 3 is 2.38 bits per heavy atom. The number of anilines is 1. The maximum atomic E-state index is 5.23. The summed E-state index contributed by atoms with van der Waals surface area (Å²) in [4.78, 5) is 8.86. The molecule has 0 fully saturated rings. The van der Waals surface area contributed by atoms with E-state index in [4.69, 9.17) is 10.7 Å². The Kier molecular flexibility index (Phi) is 4.54. The molecule has 0 aliphatic heterocycles. The zero-order valence-corrected chi connectivity index (χ0v) is 9.82. The van der Waals surface area contributed by atoms with E-state index in [0.29, 0.717) is 5.76 Å². The largest absolute Gasteiger partial charge is 0.408 e. The second-order valence-electron chi connectivity index (χ2n) is 3.37. The number of hydrogen-bond acceptors (Lipinski definition) is 4. The predicted octanol–water partition coefficient (Wildman–Crippen LogP) is 2.31. The molecule has 3 N–H and O–H groups in total. The number of rotatable bonds is 4. The van der Waals surface area contributed by atoms with Crippen LogP contribution in [0.25, 0.3) is 0 Å². The van der Waals surface area contributed by atoms with Gasteiger partial charge in [-0.15, -0.1) is 0 Å². The number of para-hydroxylation sites is 1. The van der Waals surface area contributed by atoms with Gasteiger partial charge in [0.2, 0.25) is 0 Å². The number of nitrogens with one attached hydrogen (secondary N) is 1. The van der Waals surface area contributed by atoms with Crippen molar-refractivity contribution >= 4 is 11.4 Å². The van der Waals surface area contributed by atoms with Crippen LogP contribution in [-0.2, 0) is 4.84 Å². The van der Waals surface area contributed by atoms with Crippen LogP contribution in [0.3, 0.4) is 0 Å². The molecule has 0 aliphatic rings. The first-order valence-corrected chi connectivity index (χ1v) is 5.02. The van der Waals surface area contributed by atoms with Gasteiger partial charge in [-0.2, -0.15) is 5.90 Å². The van der Waals surface area contributed by atoms with Gasteiger partial charge in [-0.25, -0.2) is 0 Å². The Balaban J connectivity index is 2.91. The van der Waals surface area contributed by atoms with Crippen molar-refractivity contribution in [2.75, 3.05) is 12.4 Å². The third kappa shape index (κ3) is 3.10. The average molecular weight is 219 g/mol. The van der Waals surface area contributed by atoms with Crippen molar-refractivity contribution in [1.29, 1.82) is 0 Å². The lowest BCUT2D eigenvalue weighted by Gasteiger charge is -2.11. The molecular weight excluding hydrogens is 202 g/mol. The van der Waals surface area contributed by atoms with Gasteiger partial charge in [0, 0.05) is 12.7 Å². The second kappa shape index (κ2) is 5.92. The molecule has 0 unspecified atom stereocenters. The lowest BCUT2D eigenvalue weighted by atomic mass is 10.2. The van der Waals surface area contributed by atoms with Gasteiger partial charge in [-0.3, -0.25) is 4.99 Å². The van der Waals surface area contributed by atoms with Crippen LogP contribution in [0.1, 0.15) is 13.8 Å². The topological polar surface area (TPSA) is 59.6 Å². The van der Waals surface area contributed by atoms with E-state index >= 15 is 0 Å². The van der Waals surface area contributed by atoms with Gasteiger partial charge in [0.25, 0.3) is 0 Å². The summed E-state index contributed by atoms with van der Waals surface area (Å²) in [5, 5.41) is 3.20. The van der Waals surface area contributed by atoms with Crippen LogP contribution >= 0.6 is 0 Å². The van der Waals surface area contributed by atoms with Gasteiger partial charge >= 0.3 is 0 Å². The monoisotopic (exact) mass is 219 g/mol. The smallest absolute Gasteiger partial charge is 0.186 e. The highest BCUT2D eigenvalue weighted by Gasteiger charge is 2.07. The number of aliphatic imine (C=N–C) groups is 1. The minimum absolute atomic E-state index is 0.561. The van der Waals surface area contributed by atoms with Crippen LogP contribution in [0.2, 0.25) is 0 Å². The molecule has 16 heavy (non-hydrogen) atoms. The maximum absolute atomic E-state index is 5.23. The maximum Gasteiger partial charge on any atom is 0.186 e. The summed E-state index contributed by atoms with van der Waals surface area (Å²) in [6.45, 7) is 3.74. The molecule has 4 nitrogen and oxygen atoms in total. The lowest BCUT2D eigenvalue weighted by Crippen LogP contribution is -2.13. The minimum Gasteiger partial charge on any atom is -0.408 e. The third-order valence-electron chi connectivity index (χ3n) is 2.23. The van der Waals surface area contributed by atoms with Crippen LogP contribution in [0.4, 0.5) is 5.69 Å². The van der Waals surface area contributed by atoms with E-state index in [1.807, 2.05) is 44.2 Å². The number of nitrogens with two attached hydrogens (primary N) is 1. The highest BCUT2D eigenvalue weighted by molar-refractivity contribution is 5.97. The van der Waals surface area contributed by atoms with Gasteiger partial charge in [0.05, 0.1) is 11.4 Å². The molecule has 0 saturated heterocycles. The van der Waals surface area contributed by atoms with Gasteiger partial charge in [-0.05, 0) is 26.0 Å². The molecule has 0 bridgehead atoms. The van der Waals surface area contributed by atoms with Gasteiger partial charge in [0.1, 0.15) is 0 Å². The van der Waals surface area contributed by atoms with Crippen molar-refractivity contribution in [1.82, 2.24) is 0 Å². The highest BCUT2D eigenvalue weighted by Crippen LogP contribution is 2.12. The molecule has 1 rings (SSSR count). The Morgan fingerprint density at radius 2 is 1.88 bits per heavy atom. The Labute approximate surface area is 95.8 Å². The van der Waals surface area contributed by atoms with E-state index in [2.05, 4.69) is 10.3 Å². The van der Waals surface area contributed by atoms with E-state index in [1.54, 1.807) is 7.05 Å². The standard InChI is InChI=1S/C12H17N3O/c1-9(14-3)12(16-13)10(2)15-11-7-5-4-6-8-11/h4-8,15H,13H2,1-3H3. The number of allylic oxidation sites excluding steroid dienone is 2. The zero-order chi connectivity index (χ0) is 12.0. The molecule has 0 aliphatic carbocycles. The summed E-state index contributed by atoms with van der Waals surface area (Å²) < 4.78 is 0. The molecule has 1 aromatic carbocycles. The molecule has 1 aromatic rings. The van der Waals surface area contributed by atoms with Crippen molar-refractivity contribution in [3.05, 3.63) is 41.8 Å². The van der Waals surface area contributed by atoms with E-state index in [-0.39, 0.29) is 0 Å². The van der Waals surface area contributed by atoms with Crippen molar-refractivity contribution in [2.24, 2.45) is 10.9 Å². The van der Waals surface area contributed by atoms with Crippen LogP contribution in [0.5, 0.6) is 0 Å². The molecule has 86 valence electrons. The molecule has 0 amide bonds. The highest BCUT2D eigenvalue weighted by atomic mass is 16.6. The molecule has 0 saturated carbocycles. The Morgan fingerprint density at radius 1 is 1.25 bits per heavy atom. The Bertz CT molecular complexity index is 396. The van der Waals surface area contributed by atoms with Crippen LogP contribution in [0.15, 0.2) is 46.8 Å². The summed E-state index contributed by atoms with van der Waals surface area (Å²) in [7, 11) is 1.70. The van der Waals surface area contributed by atoms with Crippen LogP contribution in [0, 0.1) is 0 Å². The van der Waals surface area contributed by atoms with Crippen molar-refractivity contribution in [3.63, 3.8) is 0 Å². The first kappa shape index (κ1) is 12.3. The summed E-state index contributed by atoms with van der Waals surface area (Å²) in [5.41, 5.74) is 2.57. The molecule has 0 heterocycles. The van der Waals surface area contributed by atoms with E-state index in [1.165, 1.54) is 0 Å². The van der Waals surface area contributed by atoms with Crippen LogP contribution < -0.4 is 11.2 Å². The van der Waals surface area contributed by atoms with Crippen molar-refractivity contribution < 1.29 is 4.84 Å². The number of benzene rings is 1. The number of nitrogens with zero attached hydrogens (tertiary/aromatic N) is 1. The summed E-state index contributed by atoms with van der Waals surface area (Å²) in [5.74, 6) is 5.79. The molecule has 0 aromatic heterocycles. The van der Waals surface area contributed by atoms with Crippen LogP contribution in [-0.4, -0.2) is 12.8 Å². The molecule has 0 spiro atoms. The van der Waals surface area contributed by atoms with E-state index in [9.17, 15) is 0 Å². The first-order valence-electron chi connectivity index (χ1n) is 5.02. The fraction of sp³-hybridized carbons (Fsp3) is 0.250. The van der Waals surface area contributed by atoms with E-state index < -0.39 is 0 Å². The molecular formula is C12H17N3O. The summed E-state index contributed by atoms with van der Waals surface area (Å²) in [6.07, 6.45) is 0. The average Bonchev–Trinajstić information content (AvgIpc) is 2.31. The quantitative estimate of drug-likeness (QED) is 0.464. The minimum atomic E-state index is 0.561. The van der Waals surface area contributed by atoms with Crippen molar-refractivity contribution in [2.45, 2.75) is 13.8 Å². The van der Waals surface area contributed by atoms with Gasteiger partial charge in [0.15, 0.2) is 5.76 Å². The number of hydrogen-bond donors (Lipinski definition) is 2. The van der Waals surface area contributed by atoms with Crippen molar-refractivity contribution in [3.8, 4) is 0 Å². The molecule has 4 heteroatoms. The lowest BCUT2D eigenvalue weighted by molar-refractivity contribution is 0.237. The molecule has 0 radical (unpaired) electrons. The third-order valence-corrected chi connectivity index (χ3v) is 2.23. The normalized spacial score (nSPS) is 13.1. The SMILES string of the molecule is CN=C(C)C(ON)=C(C)Nc1ccccc1. The summed E-state index contributed by atoms with van der Waals surface area (Å²) in [6, 6.07) is 9.81. The summed E-state index contributed by atoms with van der Waals surface area (Å²) >= 11 is 0. The molecule has 0 atom stereocenters. The van der Waals surface area contributed by atoms with E-state index in [0.717, 1.165) is 17.1 Å². The second-order valence-corrected chi connectivity index (χ2v) is 3.37. The zero-order valence-electron chi connectivity index (χ0n) is 9.82. The fourth-order valence-corrected chi connectivity index (χ4v) is 1.34. The van der Waals surface area contributed by atoms with Gasteiger partial charge in [-0.1, -0.05) is 18.2 Å². The predicted molar refractivity (Wildman–Crippen MR) is 67.1 cm³/mol.